The van der Waals surface area contributed by atoms with Crippen LogP contribution in [0.1, 0.15) is 23.2 Å². The van der Waals surface area contributed by atoms with Crippen LogP contribution < -0.4 is 10.1 Å². The zero-order valence-electron chi connectivity index (χ0n) is 19.0. The number of piperidine rings is 1. The van der Waals surface area contributed by atoms with Crippen molar-refractivity contribution >= 4 is 5.91 Å². The zero-order chi connectivity index (χ0) is 24.1. The molecule has 34 heavy (non-hydrogen) atoms. The topological polar surface area (TPSA) is 41.6 Å². The summed E-state index contributed by atoms with van der Waals surface area (Å²) in [6.45, 7) is 1.30. The number of carbonyl (C=O) groups is 1. The molecule has 0 unspecified atom stereocenters. The molecule has 1 aliphatic rings. The Labute approximate surface area is 197 Å². The van der Waals surface area contributed by atoms with Crippen LogP contribution >= 0.6 is 0 Å². The smallest absolute Gasteiger partial charge is 0.253 e. The number of alkyl halides is 2. The van der Waals surface area contributed by atoms with Gasteiger partial charge >= 0.3 is 0 Å². The highest BCUT2D eigenvalue weighted by atomic mass is 19.3. The van der Waals surface area contributed by atoms with Crippen LogP contribution in [0.15, 0.2) is 66.7 Å². The van der Waals surface area contributed by atoms with Gasteiger partial charge in [0.05, 0.1) is 0 Å². The van der Waals surface area contributed by atoms with Gasteiger partial charge in [-0.25, -0.2) is 13.2 Å². The van der Waals surface area contributed by atoms with Crippen molar-refractivity contribution in [1.82, 2.24) is 10.2 Å². The summed E-state index contributed by atoms with van der Waals surface area (Å²) in [7, 11) is 1.85. The highest BCUT2D eigenvalue weighted by Crippen LogP contribution is 2.35. The van der Waals surface area contributed by atoms with E-state index in [-0.39, 0.29) is 37.7 Å². The summed E-state index contributed by atoms with van der Waals surface area (Å²) in [5, 5.41) is 3.04. The second-order valence-corrected chi connectivity index (χ2v) is 8.40. The Balaban J connectivity index is 1.57. The lowest BCUT2D eigenvalue weighted by Crippen LogP contribution is -2.42. The first-order chi connectivity index (χ1) is 16.4. The van der Waals surface area contributed by atoms with Crippen molar-refractivity contribution in [3.63, 3.8) is 0 Å². The van der Waals surface area contributed by atoms with Crippen LogP contribution in [0.25, 0.3) is 22.3 Å². The summed E-state index contributed by atoms with van der Waals surface area (Å²) in [6, 6.07) is 19.2. The molecule has 7 heteroatoms. The SMILES string of the molecule is CNCCOc1ccc(-c2ccc(C(=O)N3CCC(F)(F)CC3)cc2)cc1-c1ccc(F)cc1. The van der Waals surface area contributed by atoms with E-state index in [1.165, 1.54) is 17.0 Å². The molecule has 1 saturated heterocycles. The molecular weight excluding hydrogens is 441 g/mol. The quantitative estimate of drug-likeness (QED) is 0.457. The molecule has 3 aromatic carbocycles. The van der Waals surface area contributed by atoms with Gasteiger partial charge in [0.15, 0.2) is 0 Å². The first kappa shape index (κ1) is 23.8. The molecule has 1 N–H and O–H groups in total. The van der Waals surface area contributed by atoms with Gasteiger partial charge in [-0.05, 0) is 60.1 Å². The van der Waals surface area contributed by atoms with Gasteiger partial charge in [-0.3, -0.25) is 4.79 Å². The maximum Gasteiger partial charge on any atom is 0.253 e. The molecule has 1 aliphatic heterocycles. The Bertz CT molecular complexity index is 1120. The number of rotatable bonds is 7. The second-order valence-electron chi connectivity index (χ2n) is 8.40. The Morgan fingerprint density at radius 2 is 1.56 bits per heavy atom. The van der Waals surface area contributed by atoms with Crippen molar-refractivity contribution in [2.24, 2.45) is 0 Å². The normalized spacial score (nSPS) is 15.2. The van der Waals surface area contributed by atoms with E-state index in [1.807, 2.05) is 37.4 Å². The summed E-state index contributed by atoms with van der Waals surface area (Å²) in [5.41, 5.74) is 3.95. The molecule has 0 bridgehead atoms. The number of hydrogen-bond donors (Lipinski definition) is 1. The number of nitrogens with one attached hydrogen (secondary N) is 1. The predicted octanol–water partition coefficient (Wildman–Crippen LogP) is 5.63. The van der Waals surface area contributed by atoms with E-state index in [0.717, 1.165) is 22.3 Å². The molecule has 1 fully saturated rings. The summed E-state index contributed by atoms with van der Waals surface area (Å²) < 4.78 is 46.2. The van der Waals surface area contributed by atoms with Gasteiger partial charge in [-0.15, -0.1) is 0 Å². The average Bonchev–Trinajstić information content (AvgIpc) is 2.85. The van der Waals surface area contributed by atoms with Crippen LogP contribution in [-0.2, 0) is 0 Å². The van der Waals surface area contributed by atoms with Crippen molar-refractivity contribution in [1.29, 1.82) is 0 Å². The van der Waals surface area contributed by atoms with Crippen LogP contribution in [0, 0.1) is 5.82 Å². The van der Waals surface area contributed by atoms with E-state index in [1.54, 1.807) is 24.3 Å². The van der Waals surface area contributed by atoms with Crippen molar-refractivity contribution in [2.75, 3.05) is 33.3 Å². The van der Waals surface area contributed by atoms with Crippen LogP contribution in [0.3, 0.4) is 0 Å². The Morgan fingerprint density at radius 3 is 2.21 bits per heavy atom. The number of benzene rings is 3. The largest absolute Gasteiger partial charge is 0.492 e. The Hall–Kier alpha value is -3.32. The minimum absolute atomic E-state index is 0.0592. The van der Waals surface area contributed by atoms with Gasteiger partial charge < -0.3 is 15.0 Å². The molecule has 0 radical (unpaired) electrons. The van der Waals surface area contributed by atoms with Crippen molar-refractivity contribution in [3.05, 3.63) is 78.1 Å². The van der Waals surface area contributed by atoms with Crippen molar-refractivity contribution in [3.8, 4) is 28.0 Å². The van der Waals surface area contributed by atoms with Gasteiger partial charge in [0.2, 0.25) is 0 Å². The molecule has 0 aromatic heterocycles. The molecule has 0 aliphatic carbocycles. The lowest BCUT2D eigenvalue weighted by atomic mass is 9.97. The number of ether oxygens (including phenoxy) is 1. The minimum atomic E-state index is -2.69. The third-order valence-electron chi connectivity index (χ3n) is 5.99. The van der Waals surface area contributed by atoms with Gasteiger partial charge in [0.1, 0.15) is 18.2 Å². The van der Waals surface area contributed by atoms with Gasteiger partial charge in [0, 0.05) is 43.6 Å². The number of likely N-dealkylation sites (tertiary alicyclic amines) is 1. The standard InChI is InChI=1S/C27H27F3N2O2/c1-31-14-17-34-25-11-8-22(18-24(25)20-6-9-23(28)10-7-20)19-2-4-21(5-3-19)26(33)32-15-12-27(29,30)13-16-32/h2-11,18,31H,12-17H2,1H3. The Morgan fingerprint density at radius 1 is 0.941 bits per heavy atom. The molecule has 4 nitrogen and oxygen atoms in total. The van der Waals surface area contributed by atoms with Gasteiger partial charge in [-0.2, -0.15) is 0 Å². The molecule has 0 atom stereocenters. The third kappa shape index (κ3) is 5.59. The van der Waals surface area contributed by atoms with Crippen molar-refractivity contribution in [2.45, 2.75) is 18.8 Å². The van der Waals surface area contributed by atoms with Crippen LogP contribution in [0.5, 0.6) is 5.75 Å². The van der Waals surface area contributed by atoms with Crippen LogP contribution in [0.4, 0.5) is 13.2 Å². The van der Waals surface area contributed by atoms with Crippen LogP contribution in [0.2, 0.25) is 0 Å². The fourth-order valence-corrected chi connectivity index (χ4v) is 3.98. The second kappa shape index (κ2) is 10.3. The van der Waals surface area contributed by atoms with E-state index in [9.17, 15) is 18.0 Å². The van der Waals surface area contributed by atoms with E-state index < -0.39 is 5.92 Å². The Kier molecular flexibility index (Phi) is 7.22. The van der Waals surface area contributed by atoms with Crippen molar-refractivity contribution < 1.29 is 22.7 Å². The maximum atomic E-state index is 13.5. The predicted molar refractivity (Wildman–Crippen MR) is 127 cm³/mol. The van der Waals surface area contributed by atoms with Gasteiger partial charge in [-0.1, -0.05) is 30.3 Å². The zero-order valence-corrected chi connectivity index (χ0v) is 19.0. The lowest BCUT2D eigenvalue weighted by molar-refractivity contribution is -0.0494. The average molecular weight is 469 g/mol. The van der Waals surface area contributed by atoms with E-state index >= 15 is 0 Å². The number of likely N-dealkylation sites (N-methyl/N-ethyl adjacent to an activating group) is 1. The highest BCUT2D eigenvalue weighted by Gasteiger charge is 2.35. The van der Waals surface area contributed by atoms with E-state index in [4.69, 9.17) is 4.74 Å². The molecule has 0 spiro atoms. The number of hydrogen-bond acceptors (Lipinski definition) is 3. The highest BCUT2D eigenvalue weighted by molar-refractivity contribution is 5.95. The minimum Gasteiger partial charge on any atom is -0.492 e. The van der Waals surface area contributed by atoms with Crippen LogP contribution in [-0.4, -0.2) is 50.0 Å². The molecule has 178 valence electrons. The number of nitrogens with zero attached hydrogens (tertiary/aromatic N) is 1. The molecule has 4 rings (SSSR count). The summed E-state index contributed by atoms with van der Waals surface area (Å²) in [4.78, 5) is 14.2. The molecular formula is C27H27F3N2O2. The maximum absolute atomic E-state index is 13.5. The van der Waals surface area contributed by atoms with E-state index in [0.29, 0.717) is 24.5 Å². The van der Waals surface area contributed by atoms with E-state index in [2.05, 4.69) is 5.32 Å². The molecule has 1 amide bonds. The third-order valence-corrected chi connectivity index (χ3v) is 5.99. The molecule has 1 heterocycles. The summed E-state index contributed by atoms with van der Waals surface area (Å²) in [6.07, 6.45) is -0.600. The number of amides is 1. The van der Waals surface area contributed by atoms with Gasteiger partial charge in [0.25, 0.3) is 11.8 Å². The first-order valence-corrected chi connectivity index (χ1v) is 11.3. The summed E-state index contributed by atoms with van der Waals surface area (Å²) >= 11 is 0. The summed E-state index contributed by atoms with van der Waals surface area (Å²) in [5.74, 6) is -2.54. The molecule has 3 aromatic rings. The fraction of sp³-hybridized carbons (Fsp3) is 0.296. The number of carbonyl (C=O) groups excluding carboxylic acids is 1. The first-order valence-electron chi connectivity index (χ1n) is 11.3. The fourth-order valence-electron chi connectivity index (χ4n) is 3.98. The molecule has 0 saturated carbocycles. The monoisotopic (exact) mass is 468 g/mol. The number of halogens is 3. The lowest BCUT2D eigenvalue weighted by Gasteiger charge is -2.31.